The van der Waals surface area contributed by atoms with Crippen LogP contribution in [-0.4, -0.2) is 20.2 Å². The molecule has 0 aliphatic rings. The van der Waals surface area contributed by atoms with Crippen LogP contribution in [0, 0.1) is 12.8 Å². The van der Waals surface area contributed by atoms with Crippen molar-refractivity contribution in [1.82, 2.24) is 0 Å². The third-order valence-electron chi connectivity index (χ3n) is 6.98. The molecule has 0 heterocycles. The van der Waals surface area contributed by atoms with Crippen molar-refractivity contribution >= 4 is 11.7 Å². The fraction of sp³-hybridized carbons (Fsp3) is 0.571. The molecule has 1 N–H and O–H groups in total. The van der Waals surface area contributed by atoms with E-state index in [1.807, 2.05) is 26.8 Å². The van der Waals surface area contributed by atoms with Crippen LogP contribution in [0.15, 0.2) is 37.0 Å². The molecule has 0 fully saturated rings. The summed E-state index contributed by atoms with van der Waals surface area (Å²) in [6, 6.07) is 8.34. The number of hydrogen-bond donors (Lipinski definition) is 1. The summed E-state index contributed by atoms with van der Waals surface area (Å²) in [5.74, 6) is 1.52. The molecule has 0 aromatic heterocycles. The maximum Gasteiger partial charge on any atom is 0.340 e. The van der Waals surface area contributed by atoms with Crippen molar-refractivity contribution in [2.24, 2.45) is 5.92 Å². The molecule has 4 heteroatoms. The van der Waals surface area contributed by atoms with Crippen molar-refractivity contribution in [2.45, 2.75) is 113 Å². The number of carbonyl (C=O) groups excluding carboxylic acids is 1. The average molecular weight is 540 g/mol. The lowest BCUT2D eigenvalue weighted by atomic mass is 9.89. The standard InChI is InChI=1S/C23H29NO3.C10H22.C2H6/c1-7-10-17-14-16(11-12-20(17)26-5)19-13-15(4)21(23(25)27-6)22(24-9-3)18(19)8-2;1-4-6-7-8-9-10(3)5-2;1-2/h9,11-14,24H,3,7-8,10H2,1-2,4-6H3;10H,4-9H2,1-3H3;1-2H3/t;10-;/m.1./s1. The van der Waals surface area contributed by atoms with E-state index in [1.54, 1.807) is 13.3 Å². The molecule has 39 heavy (non-hydrogen) atoms. The summed E-state index contributed by atoms with van der Waals surface area (Å²) >= 11 is 0. The predicted molar refractivity (Wildman–Crippen MR) is 171 cm³/mol. The second-order valence-corrected chi connectivity index (χ2v) is 9.80. The average Bonchev–Trinajstić information content (AvgIpc) is 2.96. The molecule has 2 aromatic rings. The molecule has 0 spiro atoms. The van der Waals surface area contributed by atoms with Gasteiger partial charge in [-0.25, -0.2) is 4.79 Å². The van der Waals surface area contributed by atoms with Crippen LogP contribution in [0.2, 0.25) is 0 Å². The van der Waals surface area contributed by atoms with Crippen LogP contribution in [0.3, 0.4) is 0 Å². The van der Waals surface area contributed by atoms with E-state index in [0.717, 1.165) is 58.9 Å². The number of benzene rings is 2. The van der Waals surface area contributed by atoms with Crippen molar-refractivity contribution < 1.29 is 14.3 Å². The fourth-order valence-electron chi connectivity index (χ4n) is 4.64. The highest BCUT2D eigenvalue weighted by molar-refractivity contribution is 6.00. The molecule has 2 rings (SSSR count). The third kappa shape index (κ3) is 11.5. The molecule has 4 nitrogen and oxygen atoms in total. The second kappa shape index (κ2) is 21.1. The molecule has 1 atom stereocenters. The minimum atomic E-state index is -0.348. The van der Waals surface area contributed by atoms with Crippen LogP contribution in [0.25, 0.3) is 11.1 Å². The van der Waals surface area contributed by atoms with Gasteiger partial charge in [-0.2, -0.15) is 0 Å². The summed E-state index contributed by atoms with van der Waals surface area (Å²) < 4.78 is 10.5. The first-order valence-electron chi connectivity index (χ1n) is 15.1. The molecule has 0 unspecified atom stereocenters. The first kappa shape index (κ1) is 36.2. The van der Waals surface area contributed by atoms with E-state index in [2.05, 4.69) is 64.7 Å². The minimum Gasteiger partial charge on any atom is -0.496 e. The monoisotopic (exact) mass is 539 g/mol. The Morgan fingerprint density at radius 1 is 1.03 bits per heavy atom. The zero-order valence-corrected chi connectivity index (χ0v) is 26.8. The van der Waals surface area contributed by atoms with E-state index in [-0.39, 0.29) is 5.97 Å². The van der Waals surface area contributed by atoms with Gasteiger partial charge in [0.05, 0.1) is 25.5 Å². The summed E-state index contributed by atoms with van der Waals surface area (Å²) in [7, 11) is 3.10. The molecule has 0 saturated carbocycles. The van der Waals surface area contributed by atoms with Crippen LogP contribution >= 0.6 is 0 Å². The van der Waals surface area contributed by atoms with E-state index < -0.39 is 0 Å². The largest absolute Gasteiger partial charge is 0.496 e. The number of carbonyl (C=O) groups is 1. The molecule has 0 aliphatic carbocycles. The van der Waals surface area contributed by atoms with E-state index in [4.69, 9.17) is 9.47 Å². The molecule has 0 radical (unpaired) electrons. The van der Waals surface area contributed by atoms with Gasteiger partial charge in [-0.05, 0) is 71.8 Å². The highest BCUT2D eigenvalue weighted by Crippen LogP contribution is 2.37. The summed E-state index contributed by atoms with van der Waals surface area (Å²) in [5, 5.41) is 3.16. The van der Waals surface area contributed by atoms with Crippen LogP contribution in [0.4, 0.5) is 5.69 Å². The number of rotatable bonds is 14. The first-order chi connectivity index (χ1) is 18.8. The van der Waals surface area contributed by atoms with Crippen LogP contribution in [0.5, 0.6) is 5.75 Å². The number of aryl methyl sites for hydroxylation is 2. The normalized spacial score (nSPS) is 10.8. The van der Waals surface area contributed by atoms with Crippen LogP contribution in [0.1, 0.15) is 120 Å². The first-order valence-corrected chi connectivity index (χ1v) is 15.1. The van der Waals surface area contributed by atoms with Crippen molar-refractivity contribution in [3.05, 3.63) is 59.3 Å². The van der Waals surface area contributed by atoms with Gasteiger partial charge in [0.25, 0.3) is 0 Å². The number of anilines is 1. The molecule has 220 valence electrons. The highest BCUT2D eigenvalue weighted by atomic mass is 16.5. The molecule has 0 bridgehead atoms. The molecular formula is C35H57NO3. The van der Waals surface area contributed by atoms with Gasteiger partial charge < -0.3 is 14.8 Å². The van der Waals surface area contributed by atoms with Crippen LogP contribution < -0.4 is 10.1 Å². The zero-order chi connectivity index (χ0) is 29.8. The van der Waals surface area contributed by atoms with E-state index in [1.165, 1.54) is 51.2 Å². The van der Waals surface area contributed by atoms with Gasteiger partial charge in [0, 0.05) is 0 Å². The molecule has 0 saturated heterocycles. The van der Waals surface area contributed by atoms with Gasteiger partial charge in [-0.3, -0.25) is 0 Å². The Morgan fingerprint density at radius 3 is 2.23 bits per heavy atom. The Morgan fingerprint density at radius 2 is 1.72 bits per heavy atom. The number of hydrogen-bond acceptors (Lipinski definition) is 4. The summed E-state index contributed by atoms with van der Waals surface area (Å²) in [6.07, 6.45) is 12.8. The number of methoxy groups -OCH3 is 2. The smallest absolute Gasteiger partial charge is 0.340 e. The highest BCUT2D eigenvalue weighted by Gasteiger charge is 2.21. The Balaban J connectivity index is 0.00000101. The molecule has 2 aromatic carbocycles. The van der Waals surface area contributed by atoms with Gasteiger partial charge >= 0.3 is 5.97 Å². The number of ether oxygens (including phenoxy) is 2. The maximum atomic E-state index is 12.4. The van der Waals surface area contributed by atoms with E-state index in [9.17, 15) is 4.79 Å². The topological polar surface area (TPSA) is 47.6 Å². The summed E-state index contributed by atoms with van der Waals surface area (Å²) in [6.45, 7) is 20.8. The Labute approximate surface area is 240 Å². The third-order valence-corrected chi connectivity index (χ3v) is 6.98. The van der Waals surface area contributed by atoms with Crippen molar-refractivity contribution in [3.8, 4) is 16.9 Å². The maximum absolute atomic E-state index is 12.4. The van der Waals surface area contributed by atoms with Gasteiger partial charge in [0.1, 0.15) is 5.75 Å². The Bertz CT molecular complexity index is 980. The number of esters is 1. The molecular weight excluding hydrogens is 482 g/mol. The second-order valence-electron chi connectivity index (χ2n) is 9.80. The van der Waals surface area contributed by atoms with Gasteiger partial charge in [-0.15, -0.1) is 0 Å². The van der Waals surface area contributed by atoms with Gasteiger partial charge in [0.15, 0.2) is 0 Å². The lowest BCUT2D eigenvalue weighted by molar-refractivity contribution is 0.0601. The molecule has 0 aliphatic heterocycles. The van der Waals surface area contributed by atoms with Gasteiger partial charge in [0.2, 0.25) is 0 Å². The SMILES string of the molecule is C=CNc1c(CC)c(-c2ccc(OC)c(CCC)c2)cc(C)c1C(=O)OC.CC.CCCCCC[C@H](C)CC. The van der Waals surface area contributed by atoms with Crippen molar-refractivity contribution in [3.63, 3.8) is 0 Å². The quantitative estimate of drug-likeness (QED) is 0.192. The Kier molecular flexibility index (Phi) is 19.6. The molecule has 0 amide bonds. The minimum absolute atomic E-state index is 0.348. The fourth-order valence-corrected chi connectivity index (χ4v) is 4.64. The van der Waals surface area contributed by atoms with E-state index >= 15 is 0 Å². The van der Waals surface area contributed by atoms with Gasteiger partial charge in [-0.1, -0.05) is 112 Å². The number of unbranched alkanes of at least 4 members (excludes halogenated alkanes) is 3. The van der Waals surface area contributed by atoms with Crippen LogP contribution in [-0.2, 0) is 17.6 Å². The summed E-state index contributed by atoms with van der Waals surface area (Å²) in [5.41, 5.74) is 6.66. The number of nitrogens with one attached hydrogen (secondary N) is 1. The zero-order valence-electron chi connectivity index (χ0n) is 26.8. The van der Waals surface area contributed by atoms with E-state index in [0.29, 0.717) is 5.56 Å². The Hall–Kier alpha value is -2.75. The van der Waals surface area contributed by atoms with Crippen molar-refractivity contribution in [1.29, 1.82) is 0 Å². The van der Waals surface area contributed by atoms with Crippen molar-refractivity contribution in [2.75, 3.05) is 19.5 Å². The summed E-state index contributed by atoms with van der Waals surface area (Å²) in [4.78, 5) is 12.4. The lowest BCUT2D eigenvalue weighted by Gasteiger charge is -2.20. The predicted octanol–water partition coefficient (Wildman–Crippen LogP) is 10.6. The lowest BCUT2D eigenvalue weighted by Crippen LogP contribution is -2.11.